The molecule has 96 valence electrons. The lowest BCUT2D eigenvalue weighted by Gasteiger charge is -2.13. The first-order chi connectivity index (χ1) is 9.34. The lowest BCUT2D eigenvalue weighted by molar-refractivity contribution is 0.720. The fraction of sp³-hybridized carbons (Fsp3) is 0.333. The van der Waals surface area contributed by atoms with Crippen LogP contribution in [0.5, 0.6) is 0 Å². The molecule has 2 aromatic rings. The van der Waals surface area contributed by atoms with Crippen LogP contribution in [0.2, 0.25) is 0 Å². The first-order valence-electron chi connectivity index (χ1n) is 7.33. The maximum atomic E-state index is 6.43. The van der Waals surface area contributed by atoms with Crippen LogP contribution >= 0.6 is 0 Å². The average molecular weight is 249 g/mol. The second-order valence-corrected chi connectivity index (χ2v) is 5.89. The summed E-state index contributed by atoms with van der Waals surface area (Å²) < 4.78 is 0. The third-order valence-corrected chi connectivity index (χ3v) is 4.82. The summed E-state index contributed by atoms with van der Waals surface area (Å²) in [5.41, 5.74) is 13.2. The molecule has 0 spiro atoms. The zero-order valence-corrected chi connectivity index (χ0v) is 11.1. The monoisotopic (exact) mass is 249 g/mol. The van der Waals surface area contributed by atoms with Crippen molar-refractivity contribution in [3.05, 3.63) is 59.2 Å². The van der Waals surface area contributed by atoms with Crippen LogP contribution in [-0.4, -0.2) is 0 Å². The van der Waals surface area contributed by atoms with Gasteiger partial charge in [0.25, 0.3) is 0 Å². The Labute approximate surface area is 114 Å². The van der Waals surface area contributed by atoms with Crippen LogP contribution in [0.25, 0.3) is 11.1 Å². The molecule has 1 unspecified atom stereocenters. The second kappa shape index (κ2) is 4.21. The Hall–Kier alpha value is -1.60. The summed E-state index contributed by atoms with van der Waals surface area (Å²) in [6, 6.07) is 15.6. The van der Waals surface area contributed by atoms with Crippen molar-refractivity contribution in [3.63, 3.8) is 0 Å². The van der Waals surface area contributed by atoms with Crippen molar-refractivity contribution < 1.29 is 0 Å². The lowest BCUT2D eigenvalue weighted by Crippen LogP contribution is -2.08. The van der Waals surface area contributed by atoms with Gasteiger partial charge in [-0.2, -0.15) is 0 Å². The van der Waals surface area contributed by atoms with Crippen LogP contribution in [0.15, 0.2) is 42.5 Å². The smallest absolute Gasteiger partial charge is 0.0564 e. The summed E-state index contributed by atoms with van der Waals surface area (Å²) in [7, 11) is 0. The van der Waals surface area contributed by atoms with Crippen molar-refractivity contribution in [2.24, 2.45) is 5.73 Å². The van der Waals surface area contributed by atoms with Crippen molar-refractivity contribution in [2.75, 3.05) is 0 Å². The summed E-state index contributed by atoms with van der Waals surface area (Å²) in [6.45, 7) is 0. The number of hydrogen-bond acceptors (Lipinski definition) is 1. The highest BCUT2D eigenvalue weighted by Crippen LogP contribution is 2.44. The van der Waals surface area contributed by atoms with Gasteiger partial charge in [-0.05, 0) is 46.6 Å². The lowest BCUT2D eigenvalue weighted by atomic mass is 9.93. The largest absolute Gasteiger partial charge is 0.320 e. The molecule has 2 aliphatic rings. The Morgan fingerprint density at radius 3 is 2.42 bits per heavy atom. The Morgan fingerprint density at radius 2 is 1.58 bits per heavy atom. The van der Waals surface area contributed by atoms with E-state index in [-0.39, 0.29) is 6.04 Å². The number of fused-ring (bicyclic) bond motifs is 3. The first kappa shape index (κ1) is 11.2. The van der Waals surface area contributed by atoms with Gasteiger partial charge in [-0.25, -0.2) is 0 Å². The summed E-state index contributed by atoms with van der Waals surface area (Å²) in [6.07, 6.45) is 5.46. The zero-order chi connectivity index (χ0) is 12.8. The van der Waals surface area contributed by atoms with E-state index >= 15 is 0 Å². The van der Waals surface area contributed by atoms with Gasteiger partial charge in [0.05, 0.1) is 6.04 Å². The fourth-order valence-corrected chi connectivity index (χ4v) is 3.78. The summed E-state index contributed by atoms with van der Waals surface area (Å²) in [5.74, 6) is 0.765. The van der Waals surface area contributed by atoms with E-state index in [2.05, 4.69) is 42.5 Å². The maximum Gasteiger partial charge on any atom is 0.0564 e. The average Bonchev–Trinajstić information content (AvgIpc) is 3.08. The molecule has 1 saturated carbocycles. The standard InChI is InChI=1S/C18H19N/c19-18-16-8-4-3-7-14(16)15-10-9-13(11-17(15)18)12-5-1-2-6-12/h3-4,7-12,18H,1-2,5-6,19H2. The van der Waals surface area contributed by atoms with Gasteiger partial charge in [0, 0.05) is 0 Å². The first-order valence-corrected chi connectivity index (χ1v) is 7.33. The molecule has 0 heterocycles. The van der Waals surface area contributed by atoms with Crippen LogP contribution in [0.1, 0.15) is 54.3 Å². The minimum Gasteiger partial charge on any atom is -0.320 e. The second-order valence-electron chi connectivity index (χ2n) is 5.89. The Bertz CT molecular complexity index is 623. The highest BCUT2D eigenvalue weighted by molar-refractivity contribution is 5.78. The predicted octanol–water partition coefficient (Wildman–Crippen LogP) is 4.37. The quantitative estimate of drug-likeness (QED) is 0.797. The van der Waals surface area contributed by atoms with Gasteiger partial charge in [0.2, 0.25) is 0 Å². The van der Waals surface area contributed by atoms with Crippen molar-refractivity contribution in [1.29, 1.82) is 0 Å². The molecule has 4 rings (SSSR count). The Balaban J connectivity index is 1.81. The molecule has 1 heteroatoms. The zero-order valence-electron chi connectivity index (χ0n) is 11.1. The molecule has 2 N–H and O–H groups in total. The highest BCUT2D eigenvalue weighted by atomic mass is 14.7. The van der Waals surface area contributed by atoms with Crippen molar-refractivity contribution in [2.45, 2.75) is 37.6 Å². The van der Waals surface area contributed by atoms with E-state index < -0.39 is 0 Å². The van der Waals surface area contributed by atoms with E-state index in [1.165, 1.54) is 53.5 Å². The van der Waals surface area contributed by atoms with Crippen LogP contribution in [0, 0.1) is 0 Å². The molecular weight excluding hydrogens is 230 g/mol. The van der Waals surface area contributed by atoms with E-state index in [9.17, 15) is 0 Å². The number of nitrogens with two attached hydrogens (primary N) is 1. The fourth-order valence-electron chi connectivity index (χ4n) is 3.78. The molecule has 2 aliphatic carbocycles. The van der Waals surface area contributed by atoms with E-state index in [0.29, 0.717) is 0 Å². The number of hydrogen-bond donors (Lipinski definition) is 1. The molecular formula is C18H19N. The van der Waals surface area contributed by atoms with Gasteiger partial charge >= 0.3 is 0 Å². The van der Waals surface area contributed by atoms with Crippen LogP contribution in [-0.2, 0) is 0 Å². The van der Waals surface area contributed by atoms with Crippen LogP contribution < -0.4 is 5.73 Å². The van der Waals surface area contributed by atoms with Crippen molar-refractivity contribution in [3.8, 4) is 11.1 Å². The third-order valence-electron chi connectivity index (χ3n) is 4.82. The van der Waals surface area contributed by atoms with Gasteiger partial charge in [0.15, 0.2) is 0 Å². The molecule has 1 nitrogen and oxygen atoms in total. The van der Waals surface area contributed by atoms with Gasteiger partial charge in [-0.15, -0.1) is 0 Å². The molecule has 0 amide bonds. The van der Waals surface area contributed by atoms with Crippen molar-refractivity contribution >= 4 is 0 Å². The molecule has 19 heavy (non-hydrogen) atoms. The SMILES string of the molecule is NC1c2ccccc2-c2ccc(C3CCCC3)cc21. The summed E-state index contributed by atoms with van der Waals surface area (Å²) in [5, 5.41) is 0. The van der Waals surface area contributed by atoms with E-state index in [1.54, 1.807) is 0 Å². The maximum absolute atomic E-state index is 6.43. The van der Waals surface area contributed by atoms with Gasteiger partial charge in [-0.3, -0.25) is 0 Å². The number of rotatable bonds is 1. The minimum atomic E-state index is 0.0625. The van der Waals surface area contributed by atoms with Crippen molar-refractivity contribution in [1.82, 2.24) is 0 Å². The van der Waals surface area contributed by atoms with Gasteiger partial charge in [0.1, 0.15) is 0 Å². The molecule has 0 aromatic heterocycles. The molecule has 1 fully saturated rings. The highest BCUT2D eigenvalue weighted by Gasteiger charge is 2.27. The topological polar surface area (TPSA) is 26.0 Å². The van der Waals surface area contributed by atoms with E-state index in [0.717, 1.165) is 5.92 Å². The molecule has 1 atom stereocenters. The normalized spacial score (nSPS) is 21.4. The van der Waals surface area contributed by atoms with Gasteiger partial charge in [-0.1, -0.05) is 55.3 Å². The third kappa shape index (κ3) is 1.65. The Morgan fingerprint density at radius 1 is 0.842 bits per heavy atom. The summed E-state index contributed by atoms with van der Waals surface area (Å²) in [4.78, 5) is 0. The van der Waals surface area contributed by atoms with Crippen LogP contribution in [0.4, 0.5) is 0 Å². The summed E-state index contributed by atoms with van der Waals surface area (Å²) >= 11 is 0. The molecule has 0 aliphatic heterocycles. The molecule has 0 radical (unpaired) electrons. The predicted molar refractivity (Wildman–Crippen MR) is 79.1 cm³/mol. The molecule has 2 aromatic carbocycles. The molecule has 0 saturated heterocycles. The number of benzene rings is 2. The van der Waals surface area contributed by atoms with E-state index in [4.69, 9.17) is 5.73 Å². The molecule has 0 bridgehead atoms. The minimum absolute atomic E-state index is 0.0625. The van der Waals surface area contributed by atoms with E-state index in [1.807, 2.05) is 0 Å². The van der Waals surface area contributed by atoms with Gasteiger partial charge < -0.3 is 5.73 Å². The Kier molecular flexibility index (Phi) is 2.49. The van der Waals surface area contributed by atoms with Crippen LogP contribution in [0.3, 0.4) is 0 Å².